The first-order chi connectivity index (χ1) is 52.2. The molecule has 0 radical (unpaired) electrons. The highest BCUT2D eigenvalue weighted by molar-refractivity contribution is 7.23. The third-order valence-corrected chi connectivity index (χ3v) is 26.0. The zero-order valence-corrected chi connectivity index (χ0v) is 68.8. The topological polar surface area (TPSA) is 251 Å². The Balaban J connectivity index is 0.000000173. The number of benzene rings is 5. The average Bonchev–Trinajstić information content (AvgIpc) is 1.64. The van der Waals surface area contributed by atoms with Gasteiger partial charge in [0.2, 0.25) is 0 Å². The van der Waals surface area contributed by atoms with Gasteiger partial charge in [-0.2, -0.15) is 0 Å². The number of rotatable bonds is 10. The second kappa shape index (κ2) is 37.7. The monoisotopic (exact) mass is 1610 g/mol. The molecule has 0 spiro atoms. The summed E-state index contributed by atoms with van der Waals surface area (Å²) in [6.45, 7) is 29.9. The number of fused-ring (bicyclic) bond motifs is 19. The second-order valence-electron chi connectivity index (χ2n) is 28.2. The van der Waals surface area contributed by atoms with E-state index in [-0.39, 0.29) is 71.0 Å². The third-order valence-electron chi connectivity index (χ3n) is 19.9. The molecule has 2 aliphatic rings. The predicted molar refractivity (Wildman–Crippen MR) is 492 cm³/mol. The molecule has 0 fully saturated rings. The number of hydrogen-bond acceptors (Lipinski definition) is 21. The number of nitrogens with one attached hydrogen (secondary N) is 6. The zero-order chi connectivity index (χ0) is 78.0. The maximum atomic E-state index is 12.7. The smallest absolute Gasteiger partial charge is 0.266 e. The van der Waals surface area contributed by atoms with Crippen LogP contribution in [0.3, 0.4) is 0 Å². The lowest BCUT2D eigenvalue weighted by atomic mass is 10.1. The van der Waals surface area contributed by atoms with Gasteiger partial charge in [0.25, 0.3) is 11.8 Å². The molecule has 12 heterocycles. The van der Waals surface area contributed by atoms with Crippen molar-refractivity contribution in [1.82, 2.24) is 40.5 Å². The minimum atomic E-state index is 0. The fourth-order valence-corrected chi connectivity index (χ4v) is 18.9. The first-order valence-corrected chi connectivity index (χ1v) is 40.9. The van der Waals surface area contributed by atoms with Crippen molar-refractivity contribution in [2.45, 2.75) is 158 Å². The highest BCUT2D eigenvalue weighted by Gasteiger charge is 2.30. The molecule has 5 aromatic carbocycles. The van der Waals surface area contributed by atoms with Crippen LogP contribution in [0.2, 0.25) is 0 Å². The summed E-state index contributed by atoms with van der Waals surface area (Å²) in [5, 5.41) is 30.6. The van der Waals surface area contributed by atoms with Crippen molar-refractivity contribution in [2.24, 2.45) is 5.92 Å². The van der Waals surface area contributed by atoms with E-state index < -0.39 is 0 Å². The molecule has 18 nitrogen and oxygen atoms in total. The third kappa shape index (κ3) is 18.4. The van der Waals surface area contributed by atoms with Crippen LogP contribution in [0.5, 0.6) is 0 Å². The number of carbonyl (C=O) groups is 5. The fraction of sp³-hybridized carbons (Fsp3) is 0.333. The van der Waals surface area contributed by atoms with Gasteiger partial charge < -0.3 is 42.5 Å². The zero-order valence-electron chi connectivity index (χ0n) is 64.7. The van der Waals surface area contributed by atoms with Gasteiger partial charge in [0, 0.05) is 178 Å². The van der Waals surface area contributed by atoms with Crippen LogP contribution in [0, 0.1) is 40.5 Å². The molecule has 2 amide bonds. The van der Waals surface area contributed by atoms with Crippen LogP contribution in [0.1, 0.15) is 182 Å². The van der Waals surface area contributed by atoms with Gasteiger partial charge in [-0.15, -0.1) is 56.7 Å². The largest absolute Gasteiger partial charge is 0.397 e. The summed E-state index contributed by atoms with van der Waals surface area (Å²) in [5.41, 5.74) is 20.3. The van der Waals surface area contributed by atoms with Gasteiger partial charge in [0.1, 0.15) is 9.75 Å². The number of ketones is 3. The van der Waals surface area contributed by atoms with E-state index in [9.17, 15) is 24.0 Å². The van der Waals surface area contributed by atoms with Crippen molar-refractivity contribution in [1.29, 1.82) is 0 Å². The summed E-state index contributed by atoms with van der Waals surface area (Å²) >= 11 is 7.64. The van der Waals surface area contributed by atoms with Crippen molar-refractivity contribution in [3.63, 3.8) is 0 Å². The molecule has 2 aliphatic heterocycles. The summed E-state index contributed by atoms with van der Waals surface area (Å²) < 4.78 is 5.53. The molecule has 8 N–H and O–H groups in total. The van der Waals surface area contributed by atoms with E-state index >= 15 is 0 Å². The van der Waals surface area contributed by atoms with Crippen molar-refractivity contribution < 1.29 is 24.0 Å². The van der Waals surface area contributed by atoms with Crippen LogP contribution < -0.4 is 37.6 Å². The number of nitrogens with two attached hydrogens (primary N) is 1. The van der Waals surface area contributed by atoms with Crippen LogP contribution >= 0.6 is 56.7 Å². The van der Waals surface area contributed by atoms with Crippen LogP contribution in [-0.2, 0) is 0 Å². The van der Waals surface area contributed by atoms with Crippen molar-refractivity contribution >= 4 is 219 Å². The van der Waals surface area contributed by atoms with E-state index in [2.05, 4.69) is 134 Å². The highest BCUT2D eigenvalue weighted by Crippen LogP contribution is 2.46. The molecule has 17 rings (SSSR count). The van der Waals surface area contributed by atoms with E-state index in [4.69, 9.17) is 5.73 Å². The van der Waals surface area contributed by atoms with Crippen molar-refractivity contribution in [3.05, 3.63) is 174 Å². The maximum absolute atomic E-state index is 12.7. The van der Waals surface area contributed by atoms with Gasteiger partial charge >= 0.3 is 0 Å². The molecule has 3 atom stereocenters. The quantitative estimate of drug-likeness (QED) is 0.0629. The number of amides is 2. The van der Waals surface area contributed by atoms with Gasteiger partial charge in [0.15, 0.2) is 17.3 Å². The standard InChI is InChI=1S/C18H21N3OS.C17H17N3OS.C16H15N3OS.C15H14N2OS.C14H12N2OS.C6H14.4CH4/c1-10-5-6-13-14(21-10)7-8-15-16(13)17(18(23-15)12(3)22)20-9-11(2)19-4;1-9-4-5-11-12(19-9)6-7-13-14(11)15-16(22-13)17(21)20(3)10(2)8-18-15;1-8-3-4-10-11(18-8)5-6-12-13(10)14-15(21-12)16(20)19-9(2)7-17-14;1-8-4-5-10-11(17-8)6-7-12-13(10)14(16-3)15(19-12)9(2)18;1-7-3-4-9-10(16-7)5-6-11-12(9)13(15)14(18-11)8(2)17;1-4-6(3)5-2;;;;/h5-8,11,19-20H,9H2,1-4H3;4-7,10,18H,8H2,1-3H3;3-6,9,17H,7H2,1-2H3,(H,19,20);4-7,16H,1-3H3;3-6H,15H2,1-2H3;6H,4-5H2,1-3H3;4*1H4. The molecule has 0 saturated carbocycles. The second-order valence-corrected chi connectivity index (χ2v) is 33.4. The lowest BCUT2D eigenvalue weighted by molar-refractivity contribution is 0.0761. The molecule has 3 unspecified atom stereocenters. The number of anilines is 5. The summed E-state index contributed by atoms with van der Waals surface area (Å²) in [6.07, 6.45) is 2.66. The molecule has 594 valence electrons. The maximum Gasteiger partial charge on any atom is 0.266 e. The number of likely N-dealkylation sites (N-methyl/N-ethyl adjacent to an activating group) is 2. The lowest BCUT2D eigenvalue weighted by Gasteiger charge is -2.21. The van der Waals surface area contributed by atoms with E-state index in [1.165, 1.54) is 46.9 Å². The normalized spacial score (nSPS) is 13.7. The Hall–Kier alpha value is -10.1. The summed E-state index contributed by atoms with van der Waals surface area (Å²) in [5.74, 6) is 1.25. The number of thiophene rings is 5. The van der Waals surface area contributed by atoms with Crippen LogP contribution in [0.15, 0.2) is 121 Å². The summed E-state index contributed by atoms with van der Waals surface area (Å²) in [4.78, 5) is 88.8. The Morgan fingerprint density at radius 2 is 0.832 bits per heavy atom. The Bertz CT molecular complexity index is 6050. The van der Waals surface area contributed by atoms with Gasteiger partial charge in [-0.1, -0.05) is 93.7 Å². The van der Waals surface area contributed by atoms with E-state index in [0.29, 0.717) is 16.6 Å². The summed E-state index contributed by atoms with van der Waals surface area (Å²) in [6, 6.07) is 41.4. The number of nitrogens with zero attached hydrogens (tertiary/aromatic N) is 6. The van der Waals surface area contributed by atoms with Crippen molar-refractivity contribution in [3.8, 4) is 0 Å². The predicted octanol–water partition coefficient (Wildman–Crippen LogP) is 23.5. The molecule has 0 bridgehead atoms. The Morgan fingerprint density at radius 1 is 0.487 bits per heavy atom. The average molecular weight is 1610 g/mol. The molecule has 10 aromatic heterocycles. The van der Waals surface area contributed by atoms with Crippen LogP contribution in [0.25, 0.3) is 105 Å². The van der Waals surface area contributed by atoms with Crippen LogP contribution in [0.4, 0.5) is 28.4 Å². The Labute approximate surface area is 684 Å². The first-order valence-electron chi connectivity index (χ1n) is 36.8. The van der Waals surface area contributed by atoms with Gasteiger partial charge in [-0.25, -0.2) is 0 Å². The molecule has 23 heteroatoms. The van der Waals surface area contributed by atoms with Crippen LogP contribution in [-0.4, -0.2) is 118 Å². The van der Waals surface area contributed by atoms with Gasteiger partial charge in [-0.3, -0.25) is 48.9 Å². The first kappa shape index (κ1) is 88.4. The molecule has 0 aliphatic carbocycles. The van der Waals surface area contributed by atoms with Crippen molar-refractivity contribution in [2.75, 3.05) is 67.8 Å². The van der Waals surface area contributed by atoms with E-state index in [1.807, 2.05) is 146 Å². The van der Waals surface area contributed by atoms with E-state index in [1.54, 1.807) is 43.4 Å². The lowest BCUT2D eigenvalue weighted by Crippen LogP contribution is -2.36. The summed E-state index contributed by atoms with van der Waals surface area (Å²) in [7, 11) is 5.66. The SMILES string of the molecule is C.C.C.C.CC(=O)c1sc2ccc3nc(C)ccc3c2c1N.CCC(C)CC.CNC(C)CNc1c(C(C)=O)sc2ccc3nc(C)ccc3c12.CNc1c(C(C)=O)sc2ccc3nc(C)ccc3c12.Cc1ccc2c(ccc3sc4c(c32)NCC(C)N(C)C4=O)n1.Cc1ccc2c(ccc3sc4c(c32)NCC(C)NC4=O)n1. The molecule has 0 saturated heterocycles. The number of Topliss-reactive ketones (excluding diaryl/α,β-unsaturated/α-hetero) is 3. The Kier molecular flexibility index (Phi) is 29.5. The molecule has 113 heavy (non-hydrogen) atoms. The minimum absolute atomic E-state index is 0. The Morgan fingerprint density at radius 3 is 1.22 bits per heavy atom. The highest BCUT2D eigenvalue weighted by atomic mass is 32.1. The number of aromatic nitrogens is 5. The van der Waals surface area contributed by atoms with E-state index in [0.717, 1.165) is 201 Å². The number of nitrogen functional groups attached to an aromatic ring is 1. The molecule has 15 aromatic rings. The number of hydrogen-bond donors (Lipinski definition) is 7. The number of aryl methyl sites for hydroxylation is 5. The minimum Gasteiger partial charge on any atom is -0.397 e. The molecular weight excluding hydrogens is 1500 g/mol. The number of carbonyl (C=O) groups excluding carboxylic acids is 5. The molecular formula is C90H109N13O5S5. The fourth-order valence-electron chi connectivity index (χ4n) is 13.3. The number of pyridine rings is 5. The van der Waals surface area contributed by atoms with Gasteiger partial charge in [-0.05, 0) is 159 Å². The van der Waals surface area contributed by atoms with Gasteiger partial charge in [0.05, 0.1) is 70.7 Å².